The highest BCUT2D eigenvalue weighted by Gasteiger charge is 2.33. The molecular formula is C17H25Cl2N3O2. The van der Waals surface area contributed by atoms with Crippen LogP contribution in [0.4, 0.5) is 0 Å². The van der Waals surface area contributed by atoms with E-state index in [0.717, 1.165) is 25.7 Å². The van der Waals surface area contributed by atoms with Crippen molar-refractivity contribution in [1.82, 2.24) is 10.6 Å². The lowest BCUT2D eigenvalue weighted by Gasteiger charge is -2.28. The highest BCUT2D eigenvalue weighted by atomic mass is 35.5. The Bertz CT molecular complexity index is 543. The predicted molar refractivity (Wildman–Crippen MR) is 98.7 cm³/mol. The number of halogens is 2. The molecule has 0 heterocycles. The zero-order valence-corrected chi connectivity index (χ0v) is 15.2. The molecule has 1 saturated carbocycles. The molecule has 0 radical (unpaired) electrons. The lowest BCUT2D eigenvalue weighted by atomic mass is 9.97. The minimum absolute atomic E-state index is 0. The molecule has 0 bridgehead atoms. The van der Waals surface area contributed by atoms with E-state index in [0.29, 0.717) is 36.5 Å². The van der Waals surface area contributed by atoms with Gasteiger partial charge in [-0.25, -0.2) is 0 Å². The molecule has 0 spiro atoms. The number of rotatable bonds is 7. The lowest BCUT2D eigenvalue weighted by molar-refractivity contribution is -0.123. The van der Waals surface area contributed by atoms with Gasteiger partial charge in [0.15, 0.2) is 0 Å². The molecule has 1 aliphatic carbocycles. The molecule has 1 fully saturated rings. The summed E-state index contributed by atoms with van der Waals surface area (Å²) in [5, 5.41) is 6.48. The van der Waals surface area contributed by atoms with Gasteiger partial charge in [0.1, 0.15) is 0 Å². The fourth-order valence-corrected chi connectivity index (χ4v) is 3.07. The van der Waals surface area contributed by atoms with E-state index >= 15 is 0 Å². The summed E-state index contributed by atoms with van der Waals surface area (Å²) in [6.07, 6.45) is 5.16. The van der Waals surface area contributed by atoms with Crippen LogP contribution in [0.15, 0.2) is 24.3 Å². The first kappa shape index (κ1) is 20.7. The highest BCUT2D eigenvalue weighted by Crippen LogP contribution is 2.28. The van der Waals surface area contributed by atoms with Crippen molar-refractivity contribution in [3.05, 3.63) is 34.9 Å². The number of nitrogens with one attached hydrogen (secondary N) is 2. The van der Waals surface area contributed by atoms with Crippen molar-refractivity contribution < 1.29 is 9.59 Å². The van der Waals surface area contributed by atoms with Crippen LogP contribution in [0.1, 0.15) is 48.9 Å². The molecule has 2 rings (SSSR count). The van der Waals surface area contributed by atoms with Crippen LogP contribution in [0.25, 0.3) is 0 Å². The standard InChI is InChI=1S/C17H24ClN3O2.ClH/c18-14-7-5-13(6-8-14)16(23)20-11-3-4-15(22)21-17(12-19)9-1-2-10-17;/h5-8H,1-4,9-12,19H2,(H,20,23)(H,21,22);1H. The zero-order valence-electron chi connectivity index (χ0n) is 13.6. The predicted octanol–water partition coefficient (Wildman–Crippen LogP) is 2.66. The van der Waals surface area contributed by atoms with Crippen molar-refractivity contribution in [3.63, 3.8) is 0 Å². The van der Waals surface area contributed by atoms with E-state index in [1.807, 2.05) is 0 Å². The van der Waals surface area contributed by atoms with Crippen molar-refractivity contribution in [3.8, 4) is 0 Å². The Hall–Kier alpha value is -1.30. The van der Waals surface area contributed by atoms with E-state index in [1.165, 1.54) is 0 Å². The van der Waals surface area contributed by atoms with Crippen LogP contribution >= 0.6 is 24.0 Å². The molecule has 1 aromatic carbocycles. The highest BCUT2D eigenvalue weighted by molar-refractivity contribution is 6.30. The van der Waals surface area contributed by atoms with Gasteiger partial charge in [-0.1, -0.05) is 24.4 Å². The van der Waals surface area contributed by atoms with E-state index < -0.39 is 0 Å². The Balaban J connectivity index is 0.00000288. The number of amides is 2. The number of carbonyl (C=O) groups is 2. The van der Waals surface area contributed by atoms with Gasteiger partial charge in [0.05, 0.1) is 5.54 Å². The molecule has 0 saturated heterocycles. The van der Waals surface area contributed by atoms with Crippen molar-refractivity contribution >= 4 is 35.8 Å². The van der Waals surface area contributed by atoms with Crippen LogP contribution in [0.3, 0.4) is 0 Å². The molecule has 0 atom stereocenters. The summed E-state index contributed by atoms with van der Waals surface area (Å²) in [6.45, 7) is 0.955. The summed E-state index contributed by atoms with van der Waals surface area (Å²) in [6, 6.07) is 6.71. The third kappa shape index (κ3) is 5.96. The average Bonchev–Trinajstić information content (AvgIpc) is 3.01. The molecular weight excluding hydrogens is 349 g/mol. The largest absolute Gasteiger partial charge is 0.352 e. The summed E-state index contributed by atoms with van der Waals surface area (Å²) in [5.41, 5.74) is 6.16. The minimum Gasteiger partial charge on any atom is -0.352 e. The van der Waals surface area contributed by atoms with Crippen molar-refractivity contribution in [2.24, 2.45) is 5.73 Å². The third-order valence-corrected chi connectivity index (χ3v) is 4.58. The first-order valence-corrected chi connectivity index (χ1v) is 8.47. The van der Waals surface area contributed by atoms with Crippen molar-refractivity contribution in [2.75, 3.05) is 13.1 Å². The molecule has 24 heavy (non-hydrogen) atoms. The van der Waals surface area contributed by atoms with Crippen LogP contribution in [-0.2, 0) is 4.79 Å². The molecule has 7 heteroatoms. The SMILES string of the molecule is Cl.NCC1(NC(=O)CCCNC(=O)c2ccc(Cl)cc2)CCCC1. The minimum atomic E-state index is -0.205. The Morgan fingerprint density at radius 1 is 1.17 bits per heavy atom. The van der Waals surface area contributed by atoms with Crippen LogP contribution in [0.5, 0.6) is 0 Å². The fourth-order valence-electron chi connectivity index (χ4n) is 2.94. The zero-order chi connectivity index (χ0) is 16.7. The van der Waals surface area contributed by atoms with Crippen LogP contribution < -0.4 is 16.4 Å². The molecule has 5 nitrogen and oxygen atoms in total. The van der Waals surface area contributed by atoms with Crippen LogP contribution in [0.2, 0.25) is 5.02 Å². The number of benzene rings is 1. The summed E-state index contributed by atoms with van der Waals surface area (Å²) < 4.78 is 0. The van der Waals surface area contributed by atoms with Crippen molar-refractivity contribution in [2.45, 2.75) is 44.1 Å². The van der Waals surface area contributed by atoms with E-state index in [9.17, 15) is 9.59 Å². The van der Waals surface area contributed by atoms with Gasteiger partial charge in [0, 0.05) is 30.1 Å². The summed E-state index contributed by atoms with van der Waals surface area (Å²) >= 11 is 5.79. The average molecular weight is 374 g/mol. The molecule has 0 unspecified atom stereocenters. The maximum absolute atomic E-state index is 12.0. The van der Waals surface area contributed by atoms with Crippen LogP contribution in [-0.4, -0.2) is 30.4 Å². The van der Waals surface area contributed by atoms with Gasteiger partial charge in [-0.15, -0.1) is 12.4 Å². The quantitative estimate of drug-likeness (QED) is 0.642. The smallest absolute Gasteiger partial charge is 0.251 e. The first-order valence-electron chi connectivity index (χ1n) is 8.09. The molecule has 4 N–H and O–H groups in total. The second-order valence-corrected chi connectivity index (χ2v) is 6.54. The monoisotopic (exact) mass is 373 g/mol. The number of nitrogens with two attached hydrogens (primary N) is 1. The molecule has 2 amide bonds. The molecule has 1 aromatic rings. The maximum atomic E-state index is 12.0. The topological polar surface area (TPSA) is 84.2 Å². The van der Waals surface area contributed by atoms with Gasteiger partial charge in [-0.05, 0) is 43.5 Å². The van der Waals surface area contributed by atoms with Gasteiger partial charge < -0.3 is 16.4 Å². The Morgan fingerprint density at radius 3 is 2.38 bits per heavy atom. The second kappa shape index (κ2) is 9.87. The third-order valence-electron chi connectivity index (χ3n) is 4.33. The van der Waals surface area contributed by atoms with Gasteiger partial charge >= 0.3 is 0 Å². The lowest BCUT2D eigenvalue weighted by Crippen LogP contribution is -2.51. The van der Waals surface area contributed by atoms with E-state index in [2.05, 4.69) is 10.6 Å². The van der Waals surface area contributed by atoms with Gasteiger partial charge in [-0.2, -0.15) is 0 Å². The number of hydrogen-bond donors (Lipinski definition) is 3. The van der Waals surface area contributed by atoms with E-state index in [4.69, 9.17) is 17.3 Å². The molecule has 1 aliphatic rings. The molecule has 0 aliphatic heterocycles. The summed E-state index contributed by atoms with van der Waals surface area (Å²) in [4.78, 5) is 23.9. The van der Waals surface area contributed by atoms with E-state index in [-0.39, 0.29) is 29.8 Å². The molecule has 134 valence electrons. The Kier molecular flexibility index (Phi) is 8.53. The number of hydrogen-bond acceptors (Lipinski definition) is 3. The Labute approximate surface area is 154 Å². The Morgan fingerprint density at radius 2 is 1.79 bits per heavy atom. The molecule has 0 aromatic heterocycles. The van der Waals surface area contributed by atoms with Gasteiger partial charge in [0.25, 0.3) is 5.91 Å². The fraction of sp³-hybridized carbons (Fsp3) is 0.529. The number of carbonyl (C=O) groups excluding carboxylic acids is 2. The van der Waals surface area contributed by atoms with Gasteiger partial charge in [-0.3, -0.25) is 9.59 Å². The normalized spacial score (nSPS) is 15.4. The van der Waals surface area contributed by atoms with Gasteiger partial charge in [0.2, 0.25) is 5.91 Å². The summed E-state index contributed by atoms with van der Waals surface area (Å²) in [7, 11) is 0. The second-order valence-electron chi connectivity index (χ2n) is 6.11. The first-order chi connectivity index (χ1) is 11.0. The van der Waals surface area contributed by atoms with Crippen molar-refractivity contribution in [1.29, 1.82) is 0 Å². The van der Waals surface area contributed by atoms with E-state index in [1.54, 1.807) is 24.3 Å². The summed E-state index contributed by atoms with van der Waals surface area (Å²) in [5.74, 6) is -0.144. The maximum Gasteiger partial charge on any atom is 0.251 e. The van der Waals surface area contributed by atoms with Crippen LogP contribution in [0, 0.1) is 0 Å².